The van der Waals surface area contributed by atoms with Crippen molar-refractivity contribution in [3.8, 4) is 10.6 Å². The molecular formula is C10H9NO3S. The molecule has 5 heteroatoms. The Balaban J connectivity index is 2.52. The molecule has 0 radical (unpaired) electrons. The molecule has 2 rings (SSSR count). The van der Waals surface area contributed by atoms with Crippen molar-refractivity contribution in [3.63, 3.8) is 0 Å². The Morgan fingerprint density at radius 2 is 2.40 bits per heavy atom. The molecule has 0 unspecified atom stereocenters. The first-order valence-corrected chi connectivity index (χ1v) is 5.13. The van der Waals surface area contributed by atoms with Crippen LogP contribution in [0.2, 0.25) is 0 Å². The molecule has 2 aromatic heterocycles. The van der Waals surface area contributed by atoms with Gasteiger partial charge in [0.1, 0.15) is 10.6 Å². The van der Waals surface area contributed by atoms with Gasteiger partial charge in [0.25, 0.3) is 0 Å². The van der Waals surface area contributed by atoms with Crippen LogP contribution in [0.3, 0.4) is 0 Å². The lowest BCUT2D eigenvalue weighted by Crippen LogP contribution is -2.03. The average Bonchev–Trinajstić information content (AvgIpc) is 2.84. The first-order chi connectivity index (χ1) is 7.22. The number of hydrogen-bond acceptors (Lipinski definition) is 5. The van der Waals surface area contributed by atoms with Crippen molar-refractivity contribution in [2.45, 2.75) is 6.92 Å². The molecule has 4 nitrogen and oxygen atoms in total. The maximum Gasteiger partial charge on any atom is 0.358 e. The van der Waals surface area contributed by atoms with E-state index in [2.05, 4.69) is 9.72 Å². The van der Waals surface area contributed by atoms with Crippen molar-refractivity contribution in [1.29, 1.82) is 0 Å². The second kappa shape index (κ2) is 3.86. The second-order valence-corrected chi connectivity index (χ2v) is 4.08. The number of furan rings is 1. The van der Waals surface area contributed by atoms with E-state index in [1.54, 1.807) is 18.4 Å². The van der Waals surface area contributed by atoms with Crippen molar-refractivity contribution in [2.24, 2.45) is 0 Å². The smallest absolute Gasteiger partial charge is 0.358 e. The summed E-state index contributed by atoms with van der Waals surface area (Å²) in [5, 5.41) is 0.807. The zero-order valence-corrected chi connectivity index (χ0v) is 9.13. The normalized spacial score (nSPS) is 10.3. The molecular weight excluding hydrogens is 214 g/mol. The molecule has 0 spiro atoms. The minimum Gasteiger partial charge on any atom is -0.464 e. The SMILES string of the molecule is COC(=O)c1nc(C)sc1-c1ccco1. The van der Waals surface area contributed by atoms with E-state index in [1.807, 2.05) is 6.92 Å². The molecule has 0 aliphatic rings. The van der Waals surface area contributed by atoms with Gasteiger partial charge in [-0.2, -0.15) is 0 Å². The van der Waals surface area contributed by atoms with E-state index < -0.39 is 5.97 Å². The number of carbonyl (C=O) groups excluding carboxylic acids is 1. The Morgan fingerprint density at radius 3 is 3.00 bits per heavy atom. The zero-order chi connectivity index (χ0) is 10.8. The molecule has 0 bridgehead atoms. The zero-order valence-electron chi connectivity index (χ0n) is 8.31. The van der Waals surface area contributed by atoms with Gasteiger partial charge in [-0.3, -0.25) is 0 Å². The number of aromatic nitrogens is 1. The Hall–Kier alpha value is -1.62. The van der Waals surface area contributed by atoms with Crippen molar-refractivity contribution in [2.75, 3.05) is 7.11 Å². The third-order valence-electron chi connectivity index (χ3n) is 1.86. The summed E-state index contributed by atoms with van der Waals surface area (Å²) in [6.07, 6.45) is 1.56. The molecule has 0 N–H and O–H groups in total. The van der Waals surface area contributed by atoms with Crippen LogP contribution in [0.25, 0.3) is 10.6 Å². The molecule has 0 aliphatic carbocycles. The molecule has 2 aromatic rings. The summed E-state index contributed by atoms with van der Waals surface area (Å²) in [7, 11) is 1.34. The molecule has 0 saturated carbocycles. The number of rotatable bonds is 2. The van der Waals surface area contributed by atoms with Crippen LogP contribution in [0.1, 0.15) is 15.5 Å². The van der Waals surface area contributed by atoms with Gasteiger partial charge in [-0.15, -0.1) is 11.3 Å². The van der Waals surface area contributed by atoms with Gasteiger partial charge in [-0.1, -0.05) is 0 Å². The number of esters is 1. The maximum absolute atomic E-state index is 11.4. The molecule has 0 aliphatic heterocycles. The van der Waals surface area contributed by atoms with Gasteiger partial charge < -0.3 is 9.15 Å². The average molecular weight is 223 g/mol. The van der Waals surface area contributed by atoms with E-state index in [0.717, 1.165) is 5.01 Å². The molecule has 0 atom stereocenters. The Morgan fingerprint density at radius 1 is 1.60 bits per heavy atom. The molecule has 0 aromatic carbocycles. The van der Waals surface area contributed by atoms with Gasteiger partial charge in [0.2, 0.25) is 0 Å². The molecule has 0 fully saturated rings. The minimum atomic E-state index is -0.439. The summed E-state index contributed by atoms with van der Waals surface area (Å²) < 4.78 is 9.88. The fourth-order valence-corrected chi connectivity index (χ4v) is 2.11. The van der Waals surface area contributed by atoms with Crippen LogP contribution in [0.5, 0.6) is 0 Å². The van der Waals surface area contributed by atoms with Gasteiger partial charge in [-0.25, -0.2) is 9.78 Å². The second-order valence-electron chi connectivity index (χ2n) is 2.88. The number of methoxy groups -OCH3 is 1. The highest BCUT2D eigenvalue weighted by molar-refractivity contribution is 7.15. The lowest BCUT2D eigenvalue weighted by atomic mass is 10.3. The van der Waals surface area contributed by atoms with Crippen molar-refractivity contribution >= 4 is 17.3 Å². The quantitative estimate of drug-likeness (QED) is 0.734. The van der Waals surface area contributed by atoms with Crippen molar-refractivity contribution in [3.05, 3.63) is 29.1 Å². The van der Waals surface area contributed by atoms with Crippen LogP contribution in [0.4, 0.5) is 0 Å². The number of ether oxygens (including phenoxy) is 1. The molecule has 15 heavy (non-hydrogen) atoms. The minimum absolute atomic E-state index is 0.315. The third kappa shape index (κ3) is 1.78. The highest BCUT2D eigenvalue weighted by atomic mass is 32.1. The molecule has 0 amide bonds. The fourth-order valence-electron chi connectivity index (χ4n) is 1.24. The maximum atomic E-state index is 11.4. The van der Waals surface area contributed by atoms with Crippen LogP contribution in [0, 0.1) is 6.92 Å². The largest absolute Gasteiger partial charge is 0.464 e. The Kier molecular flexibility index (Phi) is 2.55. The van der Waals surface area contributed by atoms with Gasteiger partial charge in [-0.05, 0) is 19.1 Å². The van der Waals surface area contributed by atoms with E-state index >= 15 is 0 Å². The number of aryl methyl sites for hydroxylation is 1. The summed E-state index contributed by atoms with van der Waals surface area (Å²) in [6.45, 7) is 1.84. The standard InChI is InChI=1S/C10H9NO3S/c1-6-11-8(10(12)13-2)9(15-6)7-4-3-5-14-7/h3-5H,1-2H3. The van der Waals surface area contributed by atoms with E-state index in [0.29, 0.717) is 16.3 Å². The first kappa shape index (κ1) is 9.92. The molecule has 0 saturated heterocycles. The van der Waals surface area contributed by atoms with E-state index in [9.17, 15) is 4.79 Å². The summed E-state index contributed by atoms with van der Waals surface area (Å²) in [5.41, 5.74) is 0.315. The Labute approximate surface area is 90.5 Å². The van der Waals surface area contributed by atoms with E-state index in [1.165, 1.54) is 18.4 Å². The molecule has 78 valence electrons. The third-order valence-corrected chi connectivity index (χ3v) is 2.84. The predicted octanol–water partition coefficient (Wildman–Crippen LogP) is 2.50. The van der Waals surface area contributed by atoms with Crippen LogP contribution < -0.4 is 0 Å². The van der Waals surface area contributed by atoms with Crippen LogP contribution in [-0.4, -0.2) is 18.1 Å². The number of thiazole rings is 1. The summed E-state index contributed by atoms with van der Waals surface area (Å²) in [6, 6.07) is 3.56. The van der Waals surface area contributed by atoms with Crippen LogP contribution >= 0.6 is 11.3 Å². The number of nitrogens with zero attached hydrogens (tertiary/aromatic N) is 1. The van der Waals surface area contributed by atoms with Gasteiger partial charge >= 0.3 is 5.97 Å². The fraction of sp³-hybridized carbons (Fsp3) is 0.200. The lowest BCUT2D eigenvalue weighted by Gasteiger charge is -1.96. The Bertz CT molecular complexity index is 473. The monoisotopic (exact) mass is 223 g/mol. The van der Waals surface area contributed by atoms with E-state index in [4.69, 9.17) is 4.42 Å². The van der Waals surface area contributed by atoms with Gasteiger partial charge in [0.05, 0.1) is 18.4 Å². The lowest BCUT2D eigenvalue weighted by molar-refractivity contribution is 0.0595. The van der Waals surface area contributed by atoms with Crippen LogP contribution in [-0.2, 0) is 4.74 Å². The predicted molar refractivity (Wildman–Crippen MR) is 55.9 cm³/mol. The highest BCUT2D eigenvalue weighted by Gasteiger charge is 2.20. The number of carbonyl (C=O) groups is 1. The molecule has 2 heterocycles. The summed E-state index contributed by atoms with van der Waals surface area (Å²) in [5.74, 6) is 0.201. The van der Waals surface area contributed by atoms with Gasteiger partial charge in [0.15, 0.2) is 5.69 Å². The van der Waals surface area contributed by atoms with E-state index in [-0.39, 0.29) is 0 Å². The van der Waals surface area contributed by atoms with Gasteiger partial charge in [0, 0.05) is 0 Å². The summed E-state index contributed by atoms with van der Waals surface area (Å²) in [4.78, 5) is 16.3. The first-order valence-electron chi connectivity index (χ1n) is 4.32. The highest BCUT2D eigenvalue weighted by Crippen LogP contribution is 2.30. The number of hydrogen-bond donors (Lipinski definition) is 0. The topological polar surface area (TPSA) is 52.3 Å². The summed E-state index contributed by atoms with van der Waals surface area (Å²) >= 11 is 1.41. The van der Waals surface area contributed by atoms with Crippen molar-refractivity contribution < 1.29 is 13.9 Å². The van der Waals surface area contributed by atoms with Crippen molar-refractivity contribution in [1.82, 2.24) is 4.98 Å². The van der Waals surface area contributed by atoms with Crippen LogP contribution in [0.15, 0.2) is 22.8 Å².